The molecule has 0 radical (unpaired) electrons. The van der Waals surface area contributed by atoms with Crippen molar-refractivity contribution in [2.75, 3.05) is 0 Å². The van der Waals surface area contributed by atoms with E-state index in [1.54, 1.807) is 0 Å². The first-order valence-electron chi connectivity index (χ1n) is 14.6. The minimum atomic E-state index is 1.19. The summed E-state index contributed by atoms with van der Waals surface area (Å²) in [5.41, 5.74) is 8.53. The second-order valence-electron chi connectivity index (χ2n) is 11.0. The van der Waals surface area contributed by atoms with E-state index in [1.165, 1.54) is 76.8 Å². The molecule has 8 aromatic rings. The van der Waals surface area contributed by atoms with Gasteiger partial charge >= 0.3 is 0 Å². The molecule has 2 heteroatoms. The maximum Gasteiger partial charge on any atom is 0.0549 e. The first-order valence-corrected chi connectivity index (χ1v) is 14.6. The van der Waals surface area contributed by atoms with E-state index < -0.39 is 0 Å². The standard InChI is InChI=1S/C40H30N2/c1-3-4-13-27(2)35-26-41(36-22-11-16-28-14-5-7-18-30(28)36)39-24-33-32-20-9-10-21-38(32)42(40(33)25-34(35)39)37-23-12-17-29-15-6-8-19-31(29)37/h3-26H,1-2H3/b4-3-,27-13+. The Bertz CT molecular complexity index is 2360. The van der Waals surface area contributed by atoms with E-state index in [0.717, 1.165) is 0 Å². The van der Waals surface area contributed by atoms with Gasteiger partial charge in [-0.15, -0.1) is 0 Å². The number of nitrogens with zero attached hydrogens (tertiary/aromatic N) is 2. The number of aromatic nitrogens is 2. The highest BCUT2D eigenvalue weighted by Crippen LogP contribution is 2.40. The number of para-hydroxylation sites is 1. The highest BCUT2D eigenvalue weighted by atomic mass is 15.0. The molecule has 2 nitrogen and oxygen atoms in total. The van der Waals surface area contributed by atoms with E-state index in [9.17, 15) is 0 Å². The number of hydrogen-bond donors (Lipinski definition) is 0. The molecular weight excluding hydrogens is 508 g/mol. The van der Waals surface area contributed by atoms with Crippen molar-refractivity contribution < 1.29 is 0 Å². The van der Waals surface area contributed by atoms with Crippen LogP contribution in [0.1, 0.15) is 19.4 Å². The van der Waals surface area contributed by atoms with Crippen LogP contribution in [0.25, 0.3) is 71.2 Å². The van der Waals surface area contributed by atoms with E-state index in [0.29, 0.717) is 0 Å². The van der Waals surface area contributed by atoms with Crippen molar-refractivity contribution in [2.24, 2.45) is 0 Å². The molecule has 0 aliphatic rings. The molecule has 0 aliphatic carbocycles. The molecule has 0 N–H and O–H groups in total. The minimum Gasteiger partial charge on any atom is -0.315 e. The molecule has 0 saturated carbocycles. The zero-order valence-corrected chi connectivity index (χ0v) is 23.8. The average molecular weight is 539 g/mol. The van der Waals surface area contributed by atoms with Crippen molar-refractivity contribution in [3.05, 3.63) is 151 Å². The lowest BCUT2D eigenvalue weighted by atomic mass is 10.0. The van der Waals surface area contributed by atoms with Crippen molar-refractivity contribution in [1.82, 2.24) is 9.13 Å². The molecular formula is C40H30N2. The van der Waals surface area contributed by atoms with Crippen LogP contribution in [0.5, 0.6) is 0 Å². The van der Waals surface area contributed by atoms with Crippen molar-refractivity contribution in [3.8, 4) is 11.4 Å². The Hall–Kier alpha value is -5.34. The number of rotatable bonds is 4. The maximum atomic E-state index is 2.45. The topological polar surface area (TPSA) is 9.86 Å². The molecule has 2 aromatic heterocycles. The molecule has 0 spiro atoms. The first kappa shape index (κ1) is 24.5. The normalized spacial score (nSPS) is 12.6. The minimum absolute atomic E-state index is 1.19. The third-order valence-corrected chi connectivity index (χ3v) is 8.60. The average Bonchev–Trinajstić information content (AvgIpc) is 3.57. The van der Waals surface area contributed by atoms with Gasteiger partial charge in [0.2, 0.25) is 0 Å². The summed E-state index contributed by atoms with van der Waals surface area (Å²) in [5.74, 6) is 0. The highest BCUT2D eigenvalue weighted by Gasteiger charge is 2.19. The Labute approximate surface area is 245 Å². The van der Waals surface area contributed by atoms with Crippen molar-refractivity contribution in [2.45, 2.75) is 13.8 Å². The first-order chi connectivity index (χ1) is 20.7. The number of benzene rings is 6. The largest absolute Gasteiger partial charge is 0.315 e. The number of hydrogen-bond acceptors (Lipinski definition) is 0. The Morgan fingerprint density at radius 3 is 1.88 bits per heavy atom. The van der Waals surface area contributed by atoms with Crippen molar-refractivity contribution in [1.29, 1.82) is 0 Å². The summed E-state index contributed by atoms with van der Waals surface area (Å²) in [6.07, 6.45) is 8.75. The van der Waals surface area contributed by atoms with Crippen LogP contribution >= 0.6 is 0 Å². The Morgan fingerprint density at radius 1 is 0.548 bits per heavy atom. The molecule has 0 atom stereocenters. The van der Waals surface area contributed by atoms with Crippen LogP contribution in [0.2, 0.25) is 0 Å². The van der Waals surface area contributed by atoms with Crippen LogP contribution in [0.3, 0.4) is 0 Å². The molecule has 0 bridgehead atoms. The van der Waals surface area contributed by atoms with Crippen LogP contribution < -0.4 is 0 Å². The summed E-state index contributed by atoms with van der Waals surface area (Å²) in [6.45, 7) is 4.28. The monoisotopic (exact) mass is 538 g/mol. The lowest BCUT2D eigenvalue weighted by molar-refractivity contribution is 1.14. The molecule has 0 fully saturated rings. The molecule has 42 heavy (non-hydrogen) atoms. The van der Waals surface area contributed by atoms with E-state index in [-0.39, 0.29) is 0 Å². The predicted molar refractivity (Wildman–Crippen MR) is 181 cm³/mol. The fourth-order valence-corrected chi connectivity index (χ4v) is 6.61. The van der Waals surface area contributed by atoms with Gasteiger partial charge in [-0.3, -0.25) is 0 Å². The smallest absolute Gasteiger partial charge is 0.0549 e. The van der Waals surface area contributed by atoms with Crippen molar-refractivity contribution in [3.63, 3.8) is 0 Å². The molecule has 6 aromatic carbocycles. The van der Waals surface area contributed by atoms with Gasteiger partial charge in [0, 0.05) is 38.7 Å². The molecule has 8 rings (SSSR count). The molecule has 2 heterocycles. The Balaban J connectivity index is 1.53. The van der Waals surface area contributed by atoms with Gasteiger partial charge in [0.15, 0.2) is 0 Å². The van der Waals surface area contributed by atoms with Gasteiger partial charge in [0.25, 0.3) is 0 Å². The van der Waals surface area contributed by atoms with Gasteiger partial charge in [-0.1, -0.05) is 109 Å². The zero-order chi connectivity index (χ0) is 28.2. The maximum absolute atomic E-state index is 2.45. The van der Waals surface area contributed by atoms with E-state index in [2.05, 4.69) is 169 Å². The SMILES string of the molecule is C/C=C\C=C(/C)c1cn(-c2cccc3ccccc23)c2cc3c4ccccc4n(-c4cccc5ccccc45)c3cc12. The van der Waals surface area contributed by atoms with Crippen LogP contribution in [0.15, 0.2) is 146 Å². The van der Waals surface area contributed by atoms with Crippen LogP contribution in [0, 0.1) is 0 Å². The van der Waals surface area contributed by atoms with E-state index in [4.69, 9.17) is 0 Å². The fraction of sp³-hybridized carbons (Fsp3) is 0.0500. The molecule has 0 unspecified atom stereocenters. The highest BCUT2D eigenvalue weighted by molar-refractivity contribution is 6.15. The second-order valence-corrected chi connectivity index (χ2v) is 11.0. The lowest BCUT2D eigenvalue weighted by Gasteiger charge is -2.12. The Kier molecular flexibility index (Phi) is 5.61. The molecule has 0 saturated heterocycles. The van der Waals surface area contributed by atoms with Crippen LogP contribution in [-0.2, 0) is 0 Å². The van der Waals surface area contributed by atoms with E-state index >= 15 is 0 Å². The van der Waals surface area contributed by atoms with E-state index in [1.807, 2.05) is 0 Å². The second kappa shape index (κ2) is 9.64. The summed E-state index contributed by atoms with van der Waals surface area (Å²) in [7, 11) is 0. The van der Waals surface area contributed by atoms with Crippen molar-refractivity contribution >= 4 is 59.8 Å². The van der Waals surface area contributed by atoms with Gasteiger partial charge in [0.05, 0.1) is 27.9 Å². The summed E-state index contributed by atoms with van der Waals surface area (Å²) in [5, 5.41) is 8.75. The third kappa shape index (κ3) is 3.65. The van der Waals surface area contributed by atoms with Gasteiger partial charge in [-0.2, -0.15) is 0 Å². The fourth-order valence-electron chi connectivity index (χ4n) is 6.61. The lowest BCUT2D eigenvalue weighted by Crippen LogP contribution is -1.95. The molecule has 0 aliphatic heterocycles. The van der Waals surface area contributed by atoms with Gasteiger partial charge in [0.1, 0.15) is 0 Å². The summed E-state index contributed by atoms with van der Waals surface area (Å²) in [4.78, 5) is 0. The van der Waals surface area contributed by atoms with Crippen LogP contribution in [0.4, 0.5) is 0 Å². The van der Waals surface area contributed by atoms with Gasteiger partial charge in [-0.05, 0) is 60.5 Å². The summed E-state index contributed by atoms with van der Waals surface area (Å²) < 4.78 is 4.85. The number of fused-ring (bicyclic) bond motifs is 6. The predicted octanol–water partition coefficient (Wildman–Crippen LogP) is 11.0. The number of allylic oxidation sites excluding steroid dienone is 4. The quantitative estimate of drug-likeness (QED) is 0.197. The molecule has 200 valence electrons. The van der Waals surface area contributed by atoms with Crippen LogP contribution in [-0.4, -0.2) is 9.13 Å². The van der Waals surface area contributed by atoms with Gasteiger partial charge in [-0.25, -0.2) is 0 Å². The molecule has 0 amide bonds. The summed E-state index contributed by atoms with van der Waals surface area (Å²) in [6, 6.07) is 44.2. The zero-order valence-electron chi connectivity index (χ0n) is 23.8. The Morgan fingerprint density at radius 2 is 1.14 bits per heavy atom. The summed E-state index contributed by atoms with van der Waals surface area (Å²) >= 11 is 0. The third-order valence-electron chi connectivity index (χ3n) is 8.60. The van der Waals surface area contributed by atoms with Gasteiger partial charge < -0.3 is 9.13 Å².